The van der Waals surface area contributed by atoms with E-state index in [0.717, 1.165) is 60.5 Å². The average Bonchev–Trinajstić information content (AvgIpc) is 0.918. The predicted molar refractivity (Wildman–Crippen MR) is 366 cm³/mol. The van der Waals surface area contributed by atoms with Gasteiger partial charge < -0.3 is 64.8 Å². The molecule has 3 N–H and O–H groups in total. The van der Waals surface area contributed by atoms with Gasteiger partial charge in [0.25, 0.3) is 0 Å². The number of methoxy groups -OCH3 is 1. The number of carbonyl (C=O) groups is 12. The number of amides is 12. The summed E-state index contributed by atoms with van der Waals surface area (Å²) in [5.74, 6) is -9.15. The summed E-state index contributed by atoms with van der Waals surface area (Å²) in [7, 11) is 9.80. The number of aryl methyl sites for hydroxylation is 1. The van der Waals surface area contributed by atoms with Gasteiger partial charge in [-0.05, 0) is 120 Å². The summed E-state index contributed by atoms with van der Waals surface area (Å²) in [6.45, 7) is 10.3. The van der Waals surface area contributed by atoms with Crippen molar-refractivity contribution in [3.63, 3.8) is 0 Å². The number of fused-ring (bicyclic) bond motifs is 2. The second-order valence-electron chi connectivity index (χ2n) is 29.2. The molecule has 0 radical (unpaired) electrons. The lowest BCUT2D eigenvalue weighted by atomic mass is 9.84. The van der Waals surface area contributed by atoms with Crippen LogP contribution in [-0.2, 0) is 74.9 Å². The fourth-order valence-corrected chi connectivity index (χ4v) is 15.7. The van der Waals surface area contributed by atoms with Gasteiger partial charge in [-0.2, -0.15) is 13.2 Å². The van der Waals surface area contributed by atoms with Gasteiger partial charge in [0.2, 0.25) is 70.9 Å². The molecular weight excluding hydrogens is 1320 g/mol. The van der Waals surface area contributed by atoms with Crippen molar-refractivity contribution in [2.75, 3.05) is 82.1 Å². The molecule has 0 bridgehead atoms. The van der Waals surface area contributed by atoms with E-state index < -0.39 is 178 Å². The number of nitrogens with zero attached hydrogens (tertiary/aromatic N) is 9. The molecule has 0 aromatic heterocycles. The maximum Gasteiger partial charge on any atom is 0.417 e. The van der Waals surface area contributed by atoms with Crippen molar-refractivity contribution in [3.8, 4) is 0 Å². The number of likely N-dealkylation sites (N-methyl/N-ethyl adjacent to an activating group) is 6. The predicted octanol–water partition coefficient (Wildman–Crippen LogP) is 5.02. The van der Waals surface area contributed by atoms with Crippen LogP contribution in [0.4, 0.5) is 13.2 Å². The number of rotatable bonds is 11. The first-order valence-electron chi connectivity index (χ1n) is 35.9. The number of piperidine rings is 1. The highest BCUT2D eigenvalue weighted by Gasteiger charge is 2.52. The molecule has 7 rings (SSSR count). The largest absolute Gasteiger partial charge is 0.417 e. The first-order valence-corrected chi connectivity index (χ1v) is 36.3. The van der Waals surface area contributed by atoms with Crippen molar-refractivity contribution in [2.45, 2.75) is 242 Å². The zero-order valence-corrected chi connectivity index (χ0v) is 61.5. The van der Waals surface area contributed by atoms with Crippen LogP contribution in [0.2, 0.25) is 5.02 Å². The summed E-state index contributed by atoms with van der Waals surface area (Å²) in [6.07, 6.45) is 2.38. The highest BCUT2D eigenvalue weighted by Crippen LogP contribution is 2.38. The SMILES string of the molecule is CC[C@H](C)[C@@H]1NC(=O)[C@H]([C@@H](C)OC)N(C)C(=O)C[C@@H](C(=O)N2CCCCC2)N(C)C(=O)[C@H](C(C)C)N(C)C(=O)C2(CCCC2)NC(=O)[C@@H]2CCCN2C(=O)[C@H](CCc2ccc(C(F)(F)F)c(Cl)c2)NC(=O)CN(C)C(=O)[C@H](CC2CCCCC2)N(C)C(=O)[C@@H]2CCN2C(=O)[C@H](C)N(C)C1=O. The summed E-state index contributed by atoms with van der Waals surface area (Å²) >= 11 is 6.15. The molecule has 12 amide bonds. The monoisotopic (exact) mass is 1430 g/mol. The molecule has 2 saturated carbocycles. The summed E-state index contributed by atoms with van der Waals surface area (Å²) in [4.78, 5) is 191. The summed E-state index contributed by atoms with van der Waals surface area (Å²) < 4.78 is 47.3. The van der Waals surface area contributed by atoms with Gasteiger partial charge in [0.15, 0.2) is 0 Å². The van der Waals surface area contributed by atoms with Crippen molar-refractivity contribution < 1.29 is 75.4 Å². The van der Waals surface area contributed by atoms with E-state index in [2.05, 4.69) is 16.0 Å². The third-order valence-corrected chi connectivity index (χ3v) is 22.5. The molecule has 29 heteroatoms. The van der Waals surface area contributed by atoms with Crippen LogP contribution in [0.15, 0.2) is 18.2 Å². The zero-order chi connectivity index (χ0) is 74.0. The van der Waals surface area contributed by atoms with Crippen molar-refractivity contribution in [1.82, 2.24) is 60.0 Å². The van der Waals surface area contributed by atoms with Crippen LogP contribution in [0, 0.1) is 17.8 Å². The quantitative estimate of drug-likeness (QED) is 0.263. The molecule has 1 aromatic carbocycles. The average molecular weight is 1430 g/mol. The van der Waals surface area contributed by atoms with Crippen molar-refractivity contribution in [2.24, 2.45) is 17.8 Å². The van der Waals surface area contributed by atoms with Gasteiger partial charge in [-0.25, -0.2) is 0 Å². The number of nitrogens with one attached hydrogen (secondary N) is 3. The molecule has 4 heterocycles. The Morgan fingerprint density at radius 2 is 1.29 bits per heavy atom. The Labute approximate surface area is 591 Å². The Kier molecular flexibility index (Phi) is 27.8. The molecule has 0 unspecified atom stereocenters. The van der Waals surface area contributed by atoms with E-state index in [1.807, 2.05) is 6.92 Å². The second kappa shape index (κ2) is 34.7. The normalized spacial score (nSPS) is 28.1. The highest BCUT2D eigenvalue weighted by atomic mass is 35.5. The molecular formula is C71H108ClF3N12O13. The first kappa shape index (κ1) is 80.2. The summed E-state index contributed by atoms with van der Waals surface area (Å²) in [6, 6.07) is -8.27. The van der Waals surface area contributed by atoms with Crippen LogP contribution < -0.4 is 16.0 Å². The van der Waals surface area contributed by atoms with E-state index in [0.29, 0.717) is 57.2 Å². The van der Waals surface area contributed by atoms with Crippen LogP contribution in [0.3, 0.4) is 0 Å². The number of benzene rings is 1. The molecule has 6 fully saturated rings. The smallest absolute Gasteiger partial charge is 0.379 e. The Morgan fingerprint density at radius 3 is 1.87 bits per heavy atom. The van der Waals surface area contributed by atoms with E-state index >= 15 is 24.0 Å². The standard InChI is InChI=1S/C71H108ClF3N12O13/c1-14-43(4)57-67(97)80(8)44(5)62(92)87-37-31-52(87)65(95)81(9)53(39-46-24-17-15-18-25-46)64(94)79(7)41-55(88)76-50(30-28-47-27-29-48(49(72)38-47)71(73,74)75)63(93)86-36-23-26-51(86)60(90)78-70(32-19-20-33-70)69(99)84(12)58(42(2)3)68(98)82(10)54(66(96)85-34-21-16-22-35-85)40-56(89)83(11)59(45(6)100-13)61(91)77-57/h27,29,38,42-46,50-54,57-59H,14-26,28,30-37,39-41H2,1-13H3,(H,76,88)(H,77,91)(H,78,90)/t43-,44-,45+,50-,51-,52-,53-,54-,57-,58-,59-/m0/s1. The molecule has 4 saturated heterocycles. The number of halogens is 4. The van der Waals surface area contributed by atoms with Gasteiger partial charge in [-0.3, -0.25) is 57.5 Å². The maximum atomic E-state index is 15.4. The van der Waals surface area contributed by atoms with Crippen molar-refractivity contribution in [3.05, 3.63) is 34.3 Å². The van der Waals surface area contributed by atoms with Crippen LogP contribution in [0.5, 0.6) is 0 Å². The third kappa shape index (κ3) is 18.4. The summed E-state index contributed by atoms with van der Waals surface area (Å²) in [5, 5.41) is 8.07. The molecule has 4 aliphatic heterocycles. The minimum Gasteiger partial charge on any atom is -0.379 e. The van der Waals surface area contributed by atoms with E-state index in [9.17, 15) is 46.7 Å². The molecule has 1 aromatic rings. The number of likely N-dealkylation sites (tertiary alicyclic amines) is 1. The number of carbonyl (C=O) groups excluding carboxylic acids is 12. The number of ether oxygens (including phenoxy) is 1. The molecule has 11 atom stereocenters. The minimum atomic E-state index is -4.76. The van der Waals surface area contributed by atoms with Gasteiger partial charge in [-0.15, -0.1) is 0 Å². The first-order chi connectivity index (χ1) is 47.1. The molecule has 1 spiro atoms. The van der Waals surface area contributed by atoms with Gasteiger partial charge in [0.1, 0.15) is 59.9 Å². The van der Waals surface area contributed by atoms with E-state index in [1.54, 1.807) is 32.6 Å². The second-order valence-corrected chi connectivity index (χ2v) is 29.6. The van der Waals surface area contributed by atoms with Gasteiger partial charge in [-0.1, -0.05) is 96.7 Å². The Bertz CT molecular complexity index is 3160. The lowest BCUT2D eigenvalue weighted by molar-refractivity contribution is -0.160. The molecule has 25 nitrogen and oxygen atoms in total. The van der Waals surface area contributed by atoms with Crippen molar-refractivity contribution in [1.29, 1.82) is 0 Å². The number of hydrogen-bond acceptors (Lipinski definition) is 13. The fraction of sp³-hybridized carbons (Fsp3) is 0.746. The Morgan fingerprint density at radius 1 is 0.660 bits per heavy atom. The fourth-order valence-electron chi connectivity index (χ4n) is 15.4. The van der Waals surface area contributed by atoms with Gasteiger partial charge in [0.05, 0.1) is 29.7 Å². The van der Waals surface area contributed by atoms with Crippen LogP contribution >= 0.6 is 11.6 Å². The van der Waals surface area contributed by atoms with Gasteiger partial charge >= 0.3 is 6.18 Å². The number of hydrogen-bond donors (Lipinski definition) is 3. The zero-order valence-electron chi connectivity index (χ0n) is 60.8. The molecule has 2 aliphatic carbocycles. The Hall–Kier alpha value is -7.10. The topological polar surface area (TPSA) is 279 Å². The van der Waals surface area contributed by atoms with Crippen molar-refractivity contribution >= 4 is 82.5 Å². The van der Waals surface area contributed by atoms with Crippen LogP contribution in [0.1, 0.15) is 175 Å². The van der Waals surface area contributed by atoms with E-state index in [4.69, 9.17) is 16.3 Å². The molecule has 558 valence electrons. The molecule has 6 aliphatic rings. The maximum absolute atomic E-state index is 15.4. The van der Waals surface area contributed by atoms with Crippen LogP contribution in [-0.4, -0.2) is 263 Å². The van der Waals surface area contributed by atoms with E-state index in [1.165, 1.54) is 91.8 Å². The lowest BCUT2D eigenvalue weighted by Gasteiger charge is -2.45. The Balaban J connectivity index is 1.29. The minimum absolute atomic E-state index is 0.0158. The summed E-state index contributed by atoms with van der Waals surface area (Å²) in [5.41, 5.74) is -2.37. The van der Waals surface area contributed by atoms with Crippen LogP contribution in [0.25, 0.3) is 0 Å². The highest BCUT2D eigenvalue weighted by molar-refractivity contribution is 6.31. The van der Waals surface area contributed by atoms with E-state index in [-0.39, 0.29) is 64.0 Å². The third-order valence-electron chi connectivity index (χ3n) is 22.2. The van der Waals surface area contributed by atoms with Gasteiger partial charge in [0, 0.05) is 75.6 Å². The number of alkyl halides is 3. The molecule has 100 heavy (non-hydrogen) atoms. The lowest BCUT2D eigenvalue weighted by Crippen LogP contribution is -2.65.